The maximum Gasteiger partial charge on any atom is 0.275 e. The molecule has 0 unspecified atom stereocenters. The van der Waals surface area contributed by atoms with E-state index in [4.69, 9.17) is 10.2 Å². The first kappa shape index (κ1) is 10.2. The van der Waals surface area contributed by atoms with Crippen molar-refractivity contribution in [3.05, 3.63) is 34.4 Å². The number of oxazole rings is 1. The lowest BCUT2D eigenvalue weighted by atomic mass is 10.5. The Balaban J connectivity index is 2.05. The molecular weight excluding hydrogens is 210 g/mol. The maximum atomic E-state index is 11.2. The molecule has 2 aromatic heterocycles. The van der Waals surface area contributed by atoms with Crippen LogP contribution >= 0.6 is 0 Å². The van der Waals surface area contributed by atoms with E-state index in [9.17, 15) is 4.79 Å². The summed E-state index contributed by atoms with van der Waals surface area (Å²) in [4.78, 5) is 21.6. The fourth-order valence-electron chi connectivity index (χ4n) is 1.14. The molecule has 7 heteroatoms. The molecule has 0 aromatic carbocycles. The first-order valence-corrected chi connectivity index (χ1v) is 4.65. The standard InChI is InChI=1S/C9H11N5O2/c1-5-4-16-7(13-5)3-12-9-11-2-6(10)8(15)14-9/h2,4H,3,10H2,1H3,(H2,11,12,14,15). The van der Waals surface area contributed by atoms with Crippen LogP contribution in [-0.2, 0) is 6.54 Å². The Morgan fingerprint density at radius 1 is 1.62 bits per heavy atom. The van der Waals surface area contributed by atoms with Crippen LogP contribution in [0.1, 0.15) is 11.6 Å². The average molecular weight is 221 g/mol. The zero-order valence-corrected chi connectivity index (χ0v) is 8.65. The second kappa shape index (κ2) is 4.05. The zero-order valence-electron chi connectivity index (χ0n) is 8.65. The van der Waals surface area contributed by atoms with Gasteiger partial charge in [-0.1, -0.05) is 0 Å². The molecule has 0 aliphatic carbocycles. The number of nitrogens with zero attached hydrogens (tertiary/aromatic N) is 2. The van der Waals surface area contributed by atoms with E-state index >= 15 is 0 Å². The molecule has 0 spiro atoms. The van der Waals surface area contributed by atoms with Gasteiger partial charge in [0.1, 0.15) is 12.0 Å². The second-order valence-electron chi connectivity index (χ2n) is 3.25. The summed E-state index contributed by atoms with van der Waals surface area (Å²) in [6.07, 6.45) is 2.85. The summed E-state index contributed by atoms with van der Waals surface area (Å²) < 4.78 is 5.12. The number of nitrogen functional groups attached to an aromatic ring is 1. The van der Waals surface area contributed by atoms with Gasteiger partial charge in [-0.3, -0.25) is 9.78 Å². The molecule has 2 rings (SSSR count). The highest BCUT2D eigenvalue weighted by Gasteiger charge is 2.02. The highest BCUT2D eigenvalue weighted by atomic mass is 16.3. The van der Waals surface area contributed by atoms with E-state index in [-0.39, 0.29) is 11.2 Å². The lowest BCUT2D eigenvalue weighted by molar-refractivity contribution is 0.503. The molecule has 2 heterocycles. The van der Waals surface area contributed by atoms with E-state index in [2.05, 4.69) is 20.3 Å². The summed E-state index contributed by atoms with van der Waals surface area (Å²) in [6.45, 7) is 2.18. The Bertz CT molecular complexity index is 545. The third-order valence-electron chi connectivity index (χ3n) is 1.90. The van der Waals surface area contributed by atoms with Crippen molar-refractivity contribution in [2.75, 3.05) is 11.1 Å². The summed E-state index contributed by atoms with van der Waals surface area (Å²) in [6, 6.07) is 0. The van der Waals surface area contributed by atoms with E-state index in [1.807, 2.05) is 6.92 Å². The van der Waals surface area contributed by atoms with E-state index in [0.717, 1.165) is 5.69 Å². The third kappa shape index (κ3) is 2.19. The number of aryl methyl sites for hydroxylation is 1. The van der Waals surface area contributed by atoms with Crippen LogP contribution in [-0.4, -0.2) is 15.0 Å². The van der Waals surface area contributed by atoms with Gasteiger partial charge in [0, 0.05) is 0 Å². The number of hydrogen-bond acceptors (Lipinski definition) is 6. The molecule has 2 aromatic rings. The molecule has 0 saturated carbocycles. The van der Waals surface area contributed by atoms with Crippen LogP contribution in [0.2, 0.25) is 0 Å². The second-order valence-corrected chi connectivity index (χ2v) is 3.25. The Morgan fingerprint density at radius 3 is 3.06 bits per heavy atom. The van der Waals surface area contributed by atoms with Gasteiger partial charge in [0.05, 0.1) is 18.4 Å². The Hall–Kier alpha value is -2.31. The number of aromatic amines is 1. The van der Waals surface area contributed by atoms with Crippen LogP contribution in [0.3, 0.4) is 0 Å². The average Bonchev–Trinajstić information content (AvgIpc) is 2.66. The quantitative estimate of drug-likeness (QED) is 0.685. The number of rotatable bonds is 3. The number of hydrogen-bond donors (Lipinski definition) is 3. The van der Waals surface area contributed by atoms with E-state index in [1.54, 1.807) is 6.26 Å². The van der Waals surface area contributed by atoms with Gasteiger partial charge < -0.3 is 15.5 Å². The SMILES string of the molecule is Cc1coc(CNc2ncc(N)c(=O)[nH]2)n1. The van der Waals surface area contributed by atoms with Crippen LogP contribution in [0.25, 0.3) is 0 Å². The van der Waals surface area contributed by atoms with Gasteiger partial charge in [0.25, 0.3) is 5.56 Å². The van der Waals surface area contributed by atoms with Gasteiger partial charge in [0.15, 0.2) is 0 Å². The molecule has 84 valence electrons. The lowest BCUT2D eigenvalue weighted by Crippen LogP contribution is -2.15. The molecule has 4 N–H and O–H groups in total. The van der Waals surface area contributed by atoms with Crippen LogP contribution in [0.4, 0.5) is 11.6 Å². The van der Waals surface area contributed by atoms with Gasteiger partial charge in [-0.05, 0) is 6.92 Å². The number of H-pyrrole nitrogens is 1. The first-order chi connectivity index (χ1) is 7.65. The molecule has 16 heavy (non-hydrogen) atoms. The largest absolute Gasteiger partial charge is 0.447 e. The predicted octanol–water partition coefficient (Wildman–Crippen LogP) is 0.261. The third-order valence-corrected chi connectivity index (χ3v) is 1.90. The molecule has 0 atom stereocenters. The van der Waals surface area contributed by atoms with Gasteiger partial charge in [0.2, 0.25) is 11.8 Å². The smallest absolute Gasteiger partial charge is 0.275 e. The minimum atomic E-state index is -0.374. The zero-order chi connectivity index (χ0) is 11.5. The molecule has 0 aliphatic rings. The van der Waals surface area contributed by atoms with Crippen molar-refractivity contribution in [3.63, 3.8) is 0 Å². The van der Waals surface area contributed by atoms with E-state index in [0.29, 0.717) is 18.4 Å². The lowest BCUT2D eigenvalue weighted by Gasteiger charge is -2.01. The van der Waals surface area contributed by atoms with Crippen LogP contribution < -0.4 is 16.6 Å². The summed E-state index contributed by atoms with van der Waals surface area (Å²) in [5, 5.41) is 2.86. The number of nitrogens with one attached hydrogen (secondary N) is 2. The van der Waals surface area contributed by atoms with Crippen molar-refractivity contribution in [1.29, 1.82) is 0 Å². The van der Waals surface area contributed by atoms with Gasteiger partial charge in [-0.25, -0.2) is 9.97 Å². The van der Waals surface area contributed by atoms with E-state index in [1.165, 1.54) is 6.20 Å². The number of anilines is 2. The predicted molar refractivity (Wildman–Crippen MR) is 57.8 cm³/mol. The summed E-state index contributed by atoms with van der Waals surface area (Å²) >= 11 is 0. The van der Waals surface area contributed by atoms with Crippen molar-refractivity contribution in [2.45, 2.75) is 13.5 Å². The summed E-state index contributed by atoms with van der Waals surface area (Å²) in [7, 11) is 0. The molecule has 0 fully saturated rings. The summed E-state index contributed by atoms with van der Waals surface area (Å²) in [5.41, 5.74) is 5.84. The molecular formula is C9H11N5O2. The monoisotopic (exact) mass is 221 g/mol. The maximum absolute atomic E-state index is 11.2. The van der Waals surface area contributed by atoms with Gasteiger partial charge >= 0.3 is 0 Å². The van der Waals surface area contributed by atoms with Crippen molar-refractivity contribution >= 4 is 11.6 Å². The minimum absolute atomic E-state index is 0.0810. The van der Waals surface area contributed by atoms with Crippen LogP contribution in [0.5, 0.6) is 0 Å². The molecule has 0 radical (unpaired) electrons. The number of aromatic nitrogens is 3. The van der Waals surface area contributed by atoms with Gasteiger partial charge in [-0.15, -0.1) is 0 Å². The molecule has 0 amide bonds. The van der Waals surface area contributed by atoms with Crippen LogP contribution in [0.15, 0.2) is 21.7 Å². The number of nitrogens with two attached hydrogens (primary N) is 1. The highest BCUT2D eigenvalue weighted by molar-refractivity contribution is 5.35. The topological polar surface area (TPSA) is 110 Å². The van der Waals surface area contributed by atoms with E-state index < -0.39 is 0 Å². The highest BCUT2D eigenvalue weighted by Crippen LogP contribution is 2.03. The van der Waals surface area contributed by atoms with Crippen LogP contribution in [0, 0.1) is 6.92 Å². The van der Waals surface area contributed by atoms with Crippen molar-refractivity contribution < 1.29 is 4.42 Å². The minimum Gasteiger partial charge on any atom is -0.447 e. The fraction of sp³-hybridized carbons (Fsp3) is 0.222. The molecule has 0 bridgehead atoms. The van der Waals surface area contributed by atoms with Crippen molar-refractivity contribution in [3.8, 4) is 0 Å². The fourth-order valence-corrected chi connectivity index (χ4v) is 1.14. The summed E-state index contributed by atoms with van der Waals surface area (Å²) in [5.74, 6) is 0.854. The van der Waals surface area contributed by atoms with Gasteiger partial charge in [-0.2, -0.15) is 0 Å². The van der Waals surface area contributed by atoms with Crippen molar-refractivity contribution in [1.82, 2.24) is 15.0 Å². The molecule has 7 nitrogen and oxygen atoms in total. The van der Waals surface area contributed by atoms with Crippen molar-refractivity contribution in [2.24, 2.45) is 0 Å². The Kier molecular flexibility index (Phi) is 2.59. The normalized spacial score (nSPS) is 10.3. The molecule has 0 saturated heterocycles. The Labute approximate surface area is 90.7 Å². The molecule has 0 aliphatic heterocycles. The Morgan fingerprint density at radius 2 is 2.44 bits per heavy atom. The first-order valence-electron chi connectivity index (χ1n) is 4.65.